The summed E-state index contributed by atoms with van der Waals surface area (Å²) >= 11 is 5.84. The van der Waals surface area contributed by atoms with Gasteiger partial charge < -0.3 is 20.3 Å². The zero-order chi connectivity index (χ0) is 20.3. The number of benzene rings is 2. The van der Waals surface area contributed by atoms with Crippen LogP contribution in [-0.4, -0.2) is 44.2 Å². The summed E-state index contributed by atoms with van der Waals surface area (Å²) in [4.78, 5) is 14.4. The van der Waals surface area contributed by atoms with Crippen molar-refractivity contribution in [2.75, 3.05) is 32.6 Å². The first kappa shape index (κ1) is 20.4. The second-order valence-electron chi connectivity index (χ2n) is 6.87. The van der Waals surface area contributed by atoms with Crippen molar-refractivity contribution >= 4 is 23.3 Å². The molecule has 28 heavy (non-hydrogen) atoms. The minimum atomic E-state index is -0.679. The van der Waals surface area contributed by atoms with Gasteiger partial charge in [-0.15, -0.1) is 0 Å². The molecule has 0 bridgehead atoms. The maximum absolute atomic E-state index is 14.6. The zero-order valence-electron chi connectivity index (χ0n) is 15.6. The molecule has 1 fully saturated rings. The molecule has 1 saturated heterocycles. The van der Waals surface area contributed by atoms with Gasteiger partial charge in [0.05, 0.1) is 7.11 Å². The number of nitrogens with zero attached hydrogens (tertiary/aromatic N) is 1. The van der Waals surface area contributed by atoms with Gasteiger partial charge in [0, 0.05) is 46.9 Å². The third-order valence-corrected chi connectivity index (χ3v) is 5.15. The number of likely N-dealkylation sites (tertiary alicyclic amines) is 1. The van der Waals surface area contributed by atoms with Gasteiger partial charge in [-0.1, -0.05) is 11.6 Å². The van der Waals surface area contributed by atoms with Gasteiger partial charge in [0.2, 0.25) is 0 Å². The van der Waals surface area contributed by atoms with Crippen LogP contribution in [0.1, 0.15) is 17.9 Å². The fourth-order valence-corrected chi connectivity index (χ4v) is 3.61. The highest BCUT2D eigenvalue weighted by molar-refractivity contribution is 6.30. The smallest absolute Gasteiger partial charge is 0.319 e. The summed E-state index contributed by atoms with van der Waals surface area (Å²) < 4.78 is 34.2. The van der Waals surface area contributed by atoms with E-state index in [1.54, 1.807) is 24.3 Å². The molecule has 8 heteroatoms. The van der Waals surface area contributed by atoms with E-state index in [4.69, 9.17) is 16.3 Å². The Bertz CT molecular complexity index is 825. The zero-order valence-corrected chi connectivity index (χ0v) is 16.4. The summed E-state index contributed by atoms with van der Waals surface area (Å²) in [6, 6.07) is 8.16. The number of anilines is 1. The van der Waals surface area contributed by atoms with Gasteiger partial charge in [-0.05, 0) is 44.3 Å². The number of amides is 2. The second kappa shape index (κ2) is 8.75. The molecule has 1 aliphatic heterocycles. The van der Waals surface area contributed by atoms with Crippen molar-refractivity contribution in [1.29, 1.82) is 0 Å². The Morgan fingerprint density at radius 3 is 2.46 bits per heavy atom. The van der Waals surface area contributed by atoms with Crippen LogP contribution in [0.25, 0.3) is 0 Å². The highest BCUT2D eigenvalue weighted by Gasteiger charge is 2.34. The average molecular weight is 410 g/mol. The molecule has 2 atom stereocenters. The molecule has 2 aromatic carbocycles. The van der Waals surface area contributed by atoms with Gasteiger partial charge in [-0.2, -0.15) is 0 Å². The first-order chi connectivity index (χ1) is 13.4. The summed E-state index contributed by atoms with van der Waals surface area (Å²) in [6.45, 7) is 1.13. The molecule has 2 unspecified atom stereocenters. The van der Waals surface area contributed by atoms with E-state index in [0.29, 0.717) is 30.2 Å². The third kappa shape index (κ3) is 4.72. The fraction of sp³-hybridized carbons (Fsp3) is 0.350. The molecule has 2 aromatic rings. The van der Waals surface area contributed by atoms with E-state index >= 15 is 0 Å². The van der Waals surface area contributed by atoms with E-state index < -0.39 is 29.6 Å². The van der Waals surface area contributed by atoms with E-state index in [9.17, 15) is 13.6 Å². The number of likely N-dealkylation sites (N-methyl/N-ethyl adjacent to an activating group) is 1. The van der Waals surface area contributed by atoms with Gasteiger partial charge in [-0.3, -0.25) is 0 Å². The molecule has 1 heterocycles. The lowest BCUT2D eigenvalue weighted by Crippen LogP contribution is -2.50. The van der Waals surface area contributed by atoms with Gasteiger partial charge in [0.15, 0.2) is 0 Å². The normalized spacial score (nSPS) is 19.9. The lowest BCUT2D eigenvalue weighted by molar-refractivity contribution is 0.197. The molecule has 0 aromatic heterocycles. The van der Waals surface area contributed by atoms with Crippen molar-refractivity contribution in [2.24, 2.45) is 0 Å². The molecule has 5 nitrogen and oxygen atoms in total. The topological polar surface area (TPSA) is 53.6 Å². The summed E-state index contributed by atoms with van der Waals surface area (Å²) in [6.07, 6.45) is 0.570. The van der Waals surface area contributed by atoms with E-state index in [1.165, 1.54) is 7.11 Å². The van der Waals surface area contributed by atoms with E-state index in [2.05, 4.69) is 10.6 Å². The minimum Gasteiger partial charge on any atom is -0.497 e. The number of methoxy groups -OCH3 is 1. The molecule has 150 valence electrons. The number of hydrogen-bond acceptors (Lipinski definition) is 3. The Morgan fingerprint density at radius 1 is 1.21 bits per heavy atom. The van der Waals surface area contributed by atoms with Crippen molar-refractivity contribution in [2.45, 2.75) is 18.4 Å². The Kier molecular flexibility index (Phi) is 6.36. The third-order valence-electron chi connectivity index (χ3n) is 4.89. The Labute approximate surface area is 167 Å². The summed E-state index contributed by atoms with van der Waals surface area (Å²) in [5.41, 5.74) is 0.539. The number of ether oxygens (including phenoxy) is 1. The molecule has 2 amide bonds. The van der Waals surface area contributed by atoms with Crippen molar-refractivity contribution < 1.29 is 18.3 Å². The van der Waals surface area contributed by atoms with Gasteiger partial charge in [0.25, 0.3) is 0 Å². The van der Waals surface area contributed by atoms with Gasteiger partial charge >= 0.3 is 6.03 Å². The first-order valence-corrected chi connectivity index (χ1v) is 9.29. The summed E-state index contributed by atoms with van der Waals surface area (Å²) in [5.74, 6) is -1.77. The van der Waals surface area contributed by atoms with E-state index in [0.717, 1.165) is 12.1 Å². The maximum Gasteiger partial charge on any atom is 0.319 e. The van der Waals surface area contributed by atoms with Gasteiger partial charge in [-0.25, -0.2) is 13.6 Å². The number of hydrogen-bond donors (Lipinski definition) is 2. The van der Waals surface area contributed by atoms with Crippen LogP contribution in [0.2, 0.25) is 5.02 Å². The minimum absolute atomic E-state index is 0.0378. The molecule has 3 rings (SSSR count). The number of carbonyl (C=O) groups excluding carboxylic acids is 1. The van der Waals surface area contributed by atoms with Crippen LogP contribution in [0, 0.1) is 11.6 Å². The standard InChI is InChI=1S/C20H22ClF2N3O2/c1-26-8-7-18(25-20(27)24-13-5-3-12(21)4-6-13)15(11-26)19-16(22)9-14(28-2)10-17(19)23/h3-6,9-10,15,18H,7-8,11H2,1-2H3,(H2,24,25,27). The number of rotatable bonds is 4. The Hall–Kier alpha value is -2.38. The molecule has 2 N–H and O–H groups in total. The Morgan fingerprint density at radius 2 is 1.86 bits per heavy atom. The lowest BCUT2D eigenvalue weighted by Gasteiger charge is -2.37. The van der Waals surface area contributed by atoms with Gasteiger partial charge in [0.1, 0.15) is 17.4 Å². The monoisotopic (exact) mass is 409 g/mol. The first-order valence-electron chi connectivity index (χ1n) is 8.92. The number of urea groups is 1. The maximum atomic E-state index is 14.6. The predicted molar refractivity (Wildman–Crippen MR) is 105 cm³/mol. The SMILES string of the molecule is COc1cc(F)c(C2CN(C)CCC2NC(=O)Nc2ccc(Cl)cc2)c(F)c1. The fourth-order valence-electron chi connectivity index (χ4n) is 3.48. The van der Waals surface area contributed by atoms with E-state index in [1.807, 2.05) is 11.9 Å². The van der Waals surface area contributed by atoms with Crippen molar-refractivity contribution in [1.82, 2.24) is 10.2 Å². The van der Waals surface area contributed by atoms with Crippen LogP contribution >= 0.6 is 11.6 Å². The van der Waals surface area contributed by atoms with Crippen LogP contribution in [0.5, 0.6) is 5.75 Å². The van der Waals surface area contributed by atoms with Crippen molar-refractivity contribution in [3.8, 4) is 5.75 Å². The average Bonchev–Trinajstić information content (AvgIpc) is 2.65. The van der Waals surface area contributed by atoms with E-state index in [-0.39, 0.29) is 11.3 Å². The molecule has 0 saturated carbocycles. The number of carbonyl (C=O) groups is 1. The van der Waals surface area contributed by atoms with Crippen LogP contribution in [0.3, 0.4) is 0 Å². The van der Waals surface area contributed by atoms with Crippen molar-refractivity contribution in [3.05, 3.63) is 58.6 Å². The Balaban J connectivity index is 1.79. The number of halogens is 3. The molecular formula is C20H22ClF2N3O2. The second-order valence-corrected chi connectivity index (χ2v) is 7.31. The van der Waals surface area contributed by atoms with Crippen LogP contribution in [0.4, 0.5) is 19.3 Å². The molecule has 1 aliphatic rings. The van der Waals surface area contributed by atoms with Crippen LogP contribution in [-0.2, 0) is 0 Å². The molecular weight excluding hydrogens is 388 g/mol. The summed E-state index contributed by atoms with van der Waals surface area (Å²) in [5, 5.41) is 6.14. The number of piperidine rings is 1. The molecule has 0 aliphatic carbocycles. The molecule has 0 radical (unpaired) electrons. The molecule has 0 spiro atoms. The predicted octanol–water partition coefficient (Wildman–Crippen LogP) is 4.24. The summed E-state index contributed by atoms with van der Waals surface area (Å²) in [7, 11) is 3.24. The van der Waals surface area contributed by atoms with Crippen molar-refractivity contribution in [3.63, 3.8) is 0 Å². The number of nitrogens with one attached hydrogen (secondary N) is 2. The highest BCUT2D eigenvalue weighted by Crippen LogP contribution is 2.33. The van der Waals surface area contributed by atoms with Crippen LogP contribution in [0.15, 0.2) is 36.4 Å². The lowest BCUT2D eigenvalue weighted by atomic mass is 9.85. The largest absolute Gasteiger partial charge is 0.497 e. The van der Waals surface area contributed by atoms with Crippen LogP contribution < -0.4 is 15.4 Å². The highest BCUT2D eigenvalue weighted by atomic mass is 35.5. The quantitative estimate of drug-likeness (QED) is 0.794.